The molecule has 5 aromatic rings. The monoisotopic (exact) mass is 498 g/mol. The van der Waals surface area contributed by atoms with E-state index in [0.717, 1.165) is 0 Å². The van der Waals surface area contributed by atoms with Crippen LogP contribution in [0.2, 0.25) is 0 Å². The molecule has 0 saturated carbocycles. The van der Waals surface area contributed by atoms with Crippen molar-refractivity contribution in [2.75, 3.05) is 0 Å². The molecule has 0 aromatic heterocycles. The van der Waals surface area contributed by atoms with E-state index in [9.17, 15) is 0 Å². The van der Waals surface area contributed by atoms with Crippen molar-refractivity contribution in [3.05, 3.63) is 143 Å². The SMILES string of the molecule is Cc1cc2ccccc2[cH-]1.Cc1cc2ccccc2[cH-]1.[CH3-].[CH3-].[CH3-].[Si]=[Zr].[c-]1ccccc1. The Morgan fingerprint density at radius 3 is 1.29 bits per heavy atom. The van der Waals surface area contributed by atoms with Crippen molar-refractivity contribution in [1.82, 2.24) is 0 Å². The summed E-state index contributed by atoms with van der Waals surface area (Å²) in [6, 6.07) is 38.2. The first-order chi connectivity index (χ1) is 13.7. The Labute approximate surface area is 207 Å². The van der Waals surface area contributed by atoms with Gasteiger partial charge in [0.1, 0.15) is 0 Å². The Balaban J connectivity index is 0. The van der Waals surface area contributed by atoms with Crippen LogP contribution in [0.25, 0.3) is 21.5 Å². The van der Waals surface area contributed by atoms with Gasteiger partial charge in [-0.2, -0.15) is 48.5 Å². The van der Waals surface area contributed by atoms with Gasteiger partial charge in [0.05, 0.1) is 0 Å². The van der Waals surface area contributed by atoms with Crippen molar-refractivity contribution < 1.29 is 23.3 Å². The van der Waals surface area contributed by atoms with E-state index in [4.69, 9.17) is 0 Å². The van der Waals surface area contributed by atoms with Gasteiger partial charge in [-0.05, 0) is 0 Å². The van der Waals surface area contributed by atoms with Gasteiger partial charge in [-0.15, -0.1) is 81.2 Å². The third-order valence-electron chi connectivity index (χ3n) is 4.13. The van der Waals surface area contributed by atoms with Crippen LogP contribution >= 0.6 is 0 Å². The van der Waals surface area contributed by atoms with Crippen molar-refractivity contribution in [2.24, 2.45) is 0 Å². The number of aryl methyl sites for hydroxylation is 2. The molecule has 0 atom stereocenters. The van der Waals surface area contributed by atoms with Crippen LogP contribution in [-0.4, -0.2) is 6.88 Å². The molecule has 0 aliphatic carbocycles. The molecule has 0 spiro atoms. The second kappa shape index (κ2) is 17.6. The van der Waals surface area contributed by atoms with E-state index in [1.165, 1.54) is 56.0 Å². The predicted molar refractivity (Wildman–Crippen MR) is 139 cm³/mol. The fourth-order valence-electron chi connectivity index (χ4n) is 2.95. The molecule has 0 bridgehead atoms. The van der Waals surface area contributed by atoms with E-state index >= 15 is 0 Å². The topological polar surface area (TPSA) is 0 Å². The van der Waals surface area contributed by atoms with Crippen molar-refractivity contribution in [2.45, 2.75) is 13.8 Å². The van der Waals surface area contributed by atoms with Crippen LogP contribution in [0.4, 0.5) is 0 Å². The van der Waals surface area contributed by atoms with Gasteiger partial charge >= 0.3 is 30.2 Å². The van der Waals surface area contributed by atoms with Crippen molar-refractivity contribution >= 4 is 28.4 Å². The largest absolute Gasteiger partial charge is 0.184 e. The van der Waals surface area contributed by atoms with Gasteiger partial charge in [0.25, 0.3) is 0 Å². The zero-order chi connectivity index (χ0) is 20.2. The number of hydrogen-bond donors (Lipinski definition) is 0. The van der Waals surface area contributed by atoms with Crippen molar-refractivity contribution in [3.63, 3.8) is 0 Å². The Kier molecular flexibility index (Phi) is 17.7. The van der Waals surface area contributed by atoms with E-state index in [2.05, 4.69) is 99.6 Å². The van der Waals surface area contributed by atoms with Crippen LogP contribution < -0.4 is 0 Å². The average molecular weight is 500 g/mol. The summed E-state index contributed by atoms with van der Waals surface area (Å²) in [5, 5.41) is 5.39. The molecule has 2 radical (unpaired) electrons. The van der Waals surface area contributed by atoms with E-state index in [0.29, 0.717) is 0 Å². The second-order valence-electron chi connectivity index (χ2n) is 6.40. The van der Waals surface area contributed by atoms with Gasteiger partial charge in [0.2, 0.25) is 0 Å². The van der Waals surface area contributed by atoms with Crippen molar-refractivity contribution in [3.8, 4) is 0 Å². The van der Waals surface area contributed by atoms with E-state index in [1.807, 2.05) is 30.3 Å². The van der Waals surface area contributed by atoms with Gasteiger partial charge in [0.15, 0.2) is 0 Å². The van der Waals surface area contributed by atoms with Gasteiger partial charge in [-0.1, -0.05) is 26.0 Å². The molecule has 5 aromatic carbocycles. The molecule has 0 unspecified atom stereocenters. The predicted octanol–water partition coefficient (Wildman–Crippen LogP) is 8.19. The Hall–Kier alpha value is -2.02. The maximum atomic E-state index is 3.06. The first kappa shape index (κ1) is 31.2. The minimum atomic E-state index is 0. The summed E-state index contributed by atoms with van der Waals surface area (Å²) < 4.78 is 0. The Morgan fingerprint density at radius 2 is 1.00 bits per heavy atom. The molecule has 0 saturated heterocycles. The smallest absolute Gasteiger partial charge is 0.171 e. The normalized spacial score (nSPS) is 8.42. The maximum absolute atomic E-state index is 3.06. The molecule has 0 aliphatic heterocycles. The zero-order valence-electron chi connectivity index (χ0n) is 19.3. The van der Waals surface area contributed by atoms with E-state index in [1.54, 1.807) is 0 Å². The average Bonchev–Trinajstić information content (AvgIpc) is 3.32. The molecule has 0 aliphatic rings. The summed E-state index contributed by atoms with van der Waals surface area (Å²) in [7, 11) is 0. The zero-order valence-corrected chi connectivity index (χ0v) is 22.8. The Bertz CT molecular complexity index is 909. The second-order valence-corrected chi connectivity index (χ2v) is 6.40. The minimum Gasteiger partial charge on any atom is -0.184 e. The molecule has 0 N–H and O–H groups in total. The number of rotatable bonds is 0. The fourth-order valence-corrected chi connectivity index (χ4v) is 2.95. The summed E-state index contributed by atoms with van der Waals surface area (Å²) in [6.07, 6.45) is 0. The number of benzene rings is 3. The third kappa shape index (κ3) is 10.7. The minimum absolute atomic E-state index is 0. The molecule has 2 heteroatoms. The standard InChI is InChI=1S/2C10H9.C6H5.3CH3.Si.Zr/c2*1-8-6-9-4-2-3-5-10(9)7-8;1-2-4-6-5-3-1;;;;;/h2*2-7H,1H3;1-5H;3*1H3;;/q6*-1;;. The summed E-state index contributed by atoms with van der Waals surface area (Å²) in [5.74, 6) is 0. The molecule has 5 rings (SSSR count). The van der Waals surface area contributed by atoms with E-state index in [-0.39, 0.29) is 22.3 Å². The molecule has 162 valence electrons. The summed E-state index contributed by atoms with van der Waals surface area (Å²) >= 11 is 1.36. The first-order valence-electron chi connectivity index (χ1n) is 9.12. The van der Waals surface area contributed by atoms with Gasteiger partial charge in [-0.3, -0.25) is 0 Å². The summed E-state index contributed by atoms with van der Waals surface area (Å²) in [6.45, 7) is 7.31. The summed E-state index contributed by atoms with van der Waals surface area (Å²) in [4.78, 5) is 0. The Morgan fingerprint density at radius 1 is 0.613 bits per heavy atom. The van der Waals surface area contributed by atoms with Crippen molar-refractivity contribution in [1.29, 1.82) is 0 Å². The van der Waals surface area contributed by atoms with E-state index < -0.39 is 0 Å². The summed E-state index contributed by atoms with van der Waals surface area (Å²) in [5.41, 5.74) is 2.70. The molecule has 0 heterocycles. The van der Waals surface area contributed by atoms with Crippen LogP contribution in [0.1, 0.15) is 11.1 Å². The molecule has 31 heavy (non-hydrogen) atoms. The number of fused-ring (bicyclic) bond motifs is 2. The molecular formula is C29H32SiZr-6. The fraction of sp³-hybridized carbons (Fsp3) is 0.0690. The molecular weight excluding hydrogens is 468 g/mol. The number of hydrogen-bond acceptors (Lipinski definition) is 0. The van der Waals surface area contributed by atoms with Crippen LogP contribution in [0.3, 0.4) is 0 Å². The van der Waals surface area contributed by atoms with Gasteiger partial charge in [-0.25, -0.2) is 0 Å². The van der Waals surface area contributed by atoms with Crippen LogP contribution in [0.15, 0.2) is 103 Å². The van der Waals surface area contributed by atoms with Crippen LogP contribution in [0, 0.1) is 42.2 Å². The molecule has 0 amide bonds. The quantitative estimate of drug-likeness (QED) is 0.149. The molecule has 0 fully saturated rings. The van der Waals surface area contributed by atoms with Crippen LogP contribution in [-0.2, 0) is 23.3 Å². The van der Waals surface area contributed by atoms with Gasteiger partial charge < -0.3 is 22.3 Å². The van der Waals surface area contributed by atoms with Crippen LogP contribution in [0.5, 0.6) is 0 Å². The first-order valence-corrected chi connectivity index (χ1v) is 13.3. The third-order valence-corrected chi connectivity index (χ3v) is 4.13. The maximum Gasteiger partial charge on any atom is -0.171 e. The molecule has 0 nitrogen and oxygen atoms in total. The van der Waals surface area contributed by atoms with Gasteiger partial charge in [0, 0.05) is 0 Å².